The number of nitrogens with one attached hydrogen (secondary N) is 1. The molecule has 206 valence electrons. The average Bonchev–Trinajstić information content (AvgIpc) is 2.81. The van der Waals surface area contributed by atoms with E-state index < -0.39 is 47.0 Å². The standard InChI is InChI=1S/C28H43F4NO3/c1-4-5-6-7-8-9-10-11-12-13-14-15-16-19-36-27(35)25(21(2)3)33-26(34)23-18-17-22(29)20-24(23)28(30,31)32/h17-18,20-21,25H,4-16,19H2,1-3H3,(H,33,34). The van der Waals surface area contributed by atoms with E-state index in [1.54, 1.807) is 13.8 Å². The predicted octanol–water partition coefficient (Wildman–Crippen LogP) is 8.23. The van der Waals surface area contributed by atoms with Gasteiger partial charge in [-0.25, -0.2) is 9.18 Å². The number of alkyl halides is 3. The summed E-state index contributed by atoms with van der Waals surface area (Å²) in [4.78, 5) is 25.0. The number of benzene rings is 1. The van der Waals surface area contributed by atoms with Gasteiger partial charge in [0.2, 0.25) is 0 Å². The van der Waals surface area contributed by atoms with Crippen molar-refractivity contribution in [3.63, 3.8) is 0 Å². The number of hydrogen-bond donors (Lipinski definition) is 1. The van der Waals surface area contributed by atoms with E-state index in [-0.39, 0.29) is 12.7 Å². The first-order chi connectivity index (χ1) is 17.1. The van der Waals surface area contributed by atoms with Crippen LogP contribution in [-0.2, 0) is 15.7 Å². The maximum absolute atomic E-state index is 13.3. The Bertz CT molecular complexity index is 781. The molecule has 4 nitrogen and oxygen atoms in total. The Morgan fingerprint density at radius 3 is 1.83 bits per heavy atom. The van der Waals surface area contributed by atoms with Crippen LogP contribution in [0.1, 0.15) is 120 Å². The molecule has 8 heteroatoms. The molecule has 1 aromatic carbocycles. The van der Waals surface area contributed by atoms with Crippen LogP contribution >= 0.6 is 0 Å². The molecule has 0 aromatic heterocycles. The normalized spacial score (nSPS) is 12.6. The third-order valence-electron chi connectivity index (χ3n) is 6.23. The second kappa shape index (κ2) is 17.4. The van der Waals surface area contributed by atoms with Crippen LogP contribution in [0.15, 0.2) is 18.2 Å². The molecular weight excluding hydrogens is 474 g/mol. The van der Waals surface area contributed by atoms with Crippen LogP contribution in [0.2, 0.25) is 0 Å². The summed E-state index contributed by atoms with van der Waals surface area (Å²) in [5, 5.41) is 2.33. The Kier molecular flexibility index (Phi) is 15.4. The van der Waals surface area contributed by atoms with Crippen molar-refractivity contribution >= 4 is 11.9 Å². The van der Waals surface area contributed by atoms with E-state index in [0.717, 1.165) is 31.4 Å². The van der Waals surface area contributed by atoms with Crippen LogP contribution in [0.5, 0.6) is 0 Å². The fourth-order valence-corrected chi connectivity index (χ4v) is 4.05. The zero-order valence-corrected chi connectivity index (χ0v) is 22.0. The fraction of sp³-hybridized carbons (Fsp3) is 0.714. The number of rotatable bonds is 18. The number of ether oxygens (including phenoxy) is 1. The Hall–Kier alpha value is -2.12. The van der Waals surface area contributed by atoms with Gasteiger partial charge in [-0.15, -0.1) is 0 Å². The molecule has 1 aromatic rings. The second-order valence-electron chi connectivity index (χ2n) is 9.79. The minimum absolute atomic E-state index is 0.194. The molecule has 0 radical (unpaired) electrons. The van der Waals surface area contributed by atoms with Crippen molar-refractivity contribution in [3.8, 4) is 0 Å². The highest BCUT2D eigenvalue weighted by atomic mass is 19.4. The first-order valence-corrected chi connectivity index (χ1v) is 13.4. The zero-order valence-electron chi connectivity index (χ0n) is 22.0. The summed E-state index contributed by atoms with van der Waals surface area (Å²) in [6, 6.07) is 0.711. The highest BCUT2D eigenvalue weighted by Crippen LogP contribution is 2.32. The lowest BCUT2D eigenvalue weighted by Crippen LogP contribution is -2.45. The Balaban J connectivity index is 2.33. The molecule has 0 aliphatic heterocycles. The van der Waals surface area contributed by atoms with E-state index in [1.165, 1.54) is 57.8 Å². The molecule has 0 saturated carbocycles. The zero-order chi connectivity index (χ0) is 27.0. The van der Waals surface area contributed by atoms with Gasteiger partial charge < -0.3 is 10.1 Å². The molecule has 0 saturated heterocycles. The van der Waals surface area contributed by atoms with Crippen molar-refractivity contribution in [2.24, 2.45) is 5.92 Å². The van der Waals surface area contributed by atoms with Gasteiger partial charge in [0, 0.05) is 0 Å². The minimum atomic E-state index is -4.91. The summed E-state index contributed by atoms with van der Waals surface area (Å²) >= 11 is 0. The van der Waals surface area contributed by atoms with E-state index in [9.17, 15) is 27.2 Å². The van der Waals surface area contributed by atoms with E-state index in [2.05, 4.69) is 12.2 Å². The van der Waals surface area contributed by atoms with Crippen LogP contribution in [-0.4, -0.2) is 24.5 Å². The third-order valence-corrected chi connectivity index (χ3v) is 6.23. The quantitative estimate of drug-likeness (QED) is 0.121. The molecule has 36 heavy (non-hydrogen) atoms. The summed E-state index contributed by atoms with van der Waals surface area (Å²) in [5.74, 6) is -3.29. The smallest absolute Gasteiger partial charge is 0.417 e. The molecule has 1 atom stereocenters. The first-order valence-electron chi connectivity index (χ1n) is 13.4. The van der Waals surface area contributed by atoms with Crippen LogP contribution in [0.4, 0.5) is 17.6 Å². The second-order valence-corrected chi connectivity index (χ2v) is 9.79. The predicted molar refractivity (Wildman–Crippen MR) is 134 cm³/mol. The largest absolute Gasteiger partial charge is 0.464 e. The number of amides is 1. The molecule has 0 heterocycles. The molecule has 0 fully saturated rings. The summed E-state index contributed by atoms with van der Waals surface area (Å²) in [7, 11) is 0. The van der Waals surface area contributed by atoms with Crippen molar-refractivity contribution in [2.75, 3.05) is 6.61 Å². The lowest BCUT2D eigenvalue weighted by molar-refractivity contribution is -0.147. The topological polar surface area (TPSA) is 55.4 Å². The first kappa shape index (κ1) is 31.9. The van der Waals surface area contributed by atoms with Crippen LogP contribution in [0, 0.1) is 11.7 Å². The molecule has 0 spiro atoms. The van der Waals surface area contributed by atoms with Gasteiger partial charge in [0.25, 0.3) is 5.91 Å². The highest BCUT2D eigenvalue weighted by Gasteiger charge is 2.37. The summed E-state index contributed by atoms with van der Waals surface area (Å²) < 4.78 is 58.3. The van der Waals surface area contributed by atoms with Gasteiger partial charge in [0.15, 0.2) is 0 Å². The molecular formula is C28H43F4NO3. The van der Waals surface area contributed by atoms with Gasteiger partial charge in [0.1, 0.15) is 11.9 Å². The van der Waals surface area contributed by atoms with Crippen LogP contribution in [0.25, 0.3) is 0 Å². The van der Waals surface area contributed by atoms with Crippen molar-refractivity contribution in [1.29, 1.82) is 0 Å². The average molecular weight is 518 g/mol. The minimum Gasteiger partial charge on any atom is -0.464 e. The van der Waals surface area contributed by atoms with Gasteiger partial charge in [-0.2, -0.15) is 13.2 Å². The molecule has 1 amide bonds. The monoisotopic (exact) mass is 517 g/mol. The highest BCUT2D eigenvalue weighted by molar-refractivity contribution is 5.98. The van der Waals surface area contributed by atoms with E-state index in [4.69, 9.17) is 4.74 Å². The number of carbonyl (C=O) groups is 2. The maximum atomic E-state index is 13.3. The van der Waals surface area contributed by atoms with Gasteiger partial charge in [-0.3, -0.25) is 4.79 Å². The molecule has 1 N–H and O–H groups in total. The Morgan fingerprint density at radius 1 is 0.861 bits per heavy atom. The van der Waals surface area contributed by atoms with Crippen LogP contribution < -0.4 is 5.32 Å². The summed E-state index contributed by atoms with van der Waals surface area (Å²) in [5.41, 5.74) is -2.12. The Labute approximate surface area is 213 Å². The van der Waals surface area contributed by atoms with Crippen molar-refractivity contribution in [2.45, 2.75) is 116 Å². The van der Waals surface area contributed by atoms with Crippen molar-refractivity contribution < 1.29 is 31.9 Å². The summed E-state index contributed by atoms with van der Waals surface area (Å²) in [6.45, 7) is 5.74. The van der Waals surface area contributed by atoms with E-state index >= 15 is 0 Å². The third kappa shape index (κ3) is 12.7. The molecule has 1 rings (SSSR count). The Morgan fingerprint density at radius 2 is 1.36 bits per heavy atom. The van der Waals surface area contributed by atoms with Gasteiger partial charge in [-0.1, -0.05) is 97.8 Å². The lowest BCUT2D eigenvalue weighted by Gasteiger charge is -2.22. The fourth-order valence-electron chi connectivity index (χ4n) is 4.05. The number of halogens is 4. The molecule has 0 aliphatic rings. The van der Waals surface area contributed by atoms with Gasteiger partial charge in [-0.05, 0) is 30.5 Å². The number of carbonyl (C=O) groups excluding carboxylic acids is 2. The molecule has 0 bridgehead atoms. The summed E-state index contributed by atoms with van der Waals surface area (Å²) in [6.07, 6.45) is 10.6. The van der Waals surface area contributed by atoms with E-state index in [1.807, 2.05) is 0 Å². The molecule has 0 aliphatic carbocycles. The lowest BCUT2D eigenvalue weighted by atomic mass is 10.0. The van der Waals surface area contributed by atoms with Crippen LogP contribution in [0.3, 0.4) is 0 Å². The SMILES string of the molecule is CCCCCCCCCCCCCCCOC(=O)C(NC(=O)c1ccc(F)cc1C(F)(F)F)C(C)C. The number of hydrogen-bond acceptors (Lipinski definition) is 3. The van der Waals surface area contributed by atoms with Crippen molar-refractivity contribution in [3.05, 3.63) is 35.1 Å². The number of esters is 1. The maximum Gasteiger partial charge on any atom is 0.417 e. The molecule has 1 unspecified atom stereocenters. The van der Waals surface area contributed by atoms with E-state index in [0.29, 0.717) is 6.42 Å². The number of unbranched alkanes of at least 4 members (excludes halogenated alkanes) is 12. The van der Waals surface area contributed by atoms with Gasteiger partial charge >= 0.3 is 12.1 Å². The van der Waals surface area contributed by atoms with Gasteiger partial charge in [0.05, 0.1) is 17.7 Å². The van der Waals surface area contributed by atoms with Crippen molar-refractivity contribution in [1.82, 2.24) is 5.32 Å².